The number of esters is 2. The number of quaternary nitrogens is 1. The number of Topliss-reactive ketones (excluding diaryl/α,β-unsaturated/α-hetero) is 1. The summed E-state index contributed by atoms with van der Waals surface area (Å²) in [4.78, 5) is 49.7. The van der Waals surface area contributed by atoms with E-state index in [-0.39, 0.29) is 19.4 Å². The van der Waals surface area contributed by atoms with Gasteiger partial charge in [0.05, 0.1) is 34.4 Å². The van der Waals surface area contributed by atoms with Crippen molar-refractivity contribution in [2.24, 2.45) is 0 Å². The summed E-state index contributed by atoms with van der Waals surface area (Å²) in [6.07, 6.45) is 21.6. The number of ether oxygens (including phenoxy) is 2. The van der Waals surface area contributed by atoms with Crippen LogP contribution in [0, 0.1) is 0 Å². The zero-order valence-corrected chi connectivity index (χ0v) is 33.6. The summed E-state index contributed by atoms with van der Waals surface area (Å²) in [6.45, 7) is 5.52. The van der Waals surface area contributed by atoms with Crippen molar-refractivity contribution >= 4 is 25.5 Å². The number of phosphoric acid groups is 1. The van der Waals surface area contributed by atoms with E-state index in [2.05, 4.69) is 13.5 Å². The van der Waals surface area contributed by atoms with Gasteiger partial charge < -0.3 is 33.0 Å². The number of hydrogen-bond acceptors (Lipinski definition) is 10. The van der Waals surface area contributed by atoms with E-state index >= 15 is 0 Å². The van der Waals surface area contributed by atoms with Crippen molar-refractivity contribution in [3.63, 3.8) is 0 Å². The minimum absolute atomic E-state index is 0.0537. The molecule has 0 rings (SSSR count). The van der Waals surface area contributed by atoms with Gasteiger partial charge in [-0.3, -0.25) is 14.2 Å². The SMILES string of the molecule is C=CC(=O)OCCCCCCCCCCCC(=O)O[C@@H](CO)C(OP(=O)([O-])OCC[N+](C)(C)C)C(=O)CCCCCCCCCCCCCCC. The molecule has 1 N–H and O–H groups in total. The molecule has 0 saturated carbocycles. The molecule has 3 atom stereocenters. The Hall–Kier alpha value is -1.62. The van der Waals surface area contributed by atoms with Gasteiger partial charge in [0.15, 0.2) is 18.0 Å². The second-order valence-corrected chi connectivity index (χ2v) is 16.2. The standard InChI is InChI=1S/C39H74NO10P/c1-6-8-9-10-11-12-13-14-15-17-20-23-26-29-35(42)39(50-51(45,46)48-33-31-40(3,4)5)36(34-41)49-38(44)30-27-24-21-18-16-19-22-25-28-32-47-37(43)7-2/h7,36,39,41H,2,6,8-34H2,1,3-5H3/t36-,39?/m0/s1. The van der Waals surface area contributed by atoms with Gasteiger partial charge in [-0.25, -0.2) is 4.79 Å². The Morgan fingerprint density at radius 3 is 1.63 bits per heavy atom. The van der Waals surface area contributed by atoms with Crippen LogP contribution in [0.2, 0.25) is 0 Å². The van der Waals surface area contributed by atoms with Crippen LogP contribution in [0.3, 0.4) is 0 Å². The summed E-state index contributed by atoms with van der Waals surface area (Å²) < 4.78 is 33.8. The highest BCUT2D eigenvalue weighted by Gasteiger charge is 2.35. The molecule has 300 valence electrons. The average Bonchev–Trinajstić information content (AvgIpc) is 3.07. The molecule has 0 saturated heterocycles. The molecule has 0 radical (unpaired) electrons. The monoisotopic (exact) mass is 748 g/mol. The molecule has 0 bridgehead atoms. The Kier molecular flexibility index (Phi) is 30.9. The van der Waals surface area contributed by atoms with E-state index in [9.17, 15) is 28.9 Å². The van der Waals surface area contributed by atoms with Crippen LogP contribution in [0.1, 0.15) is 161 Å². The molecular weight excluding hydrogens is 673 g/mol. The van der Waals surface area contributed by atoms with Crippen LogP contribution >= 0.6 is 7.82 Å². The first-order valence-electron chi connectivity index (χ1n) is 19.9. The van der Waals surface area contributed by atoms with Gasteiger partial charge in [-0.15, -0.1) is 0 Å². The second-order valence-electron chi connectivity index (χ2n) is 14.8. The topological polar surface area (TPSA) is 148 Å². The van der Waals surface area contributed by atoms with Gasteiger partial charge in [0, 0.05) is 18.9 Å². The number of phosphoric ester groups is 1. The highest BCUT2D eigenvalue weighted by molar-refractivity contribution is 7.45. The fourth-order valence-corrected chi connectivity index (χ4v) is 6.55. The maximum absolute atomic E-state index is 13.3. The number of carbonyl (C=O) groups is 3. The first-order valence-corrected chi connectivity index (χ1v) is 21.4. The number of carbonyl (C=O) groups excluding carboxylic acids is 3. The Balaban J connectivity index is 4.67. The minimum atomic E-state index is -4.93. The van der Waals surface area contributed by atoms with Crippen molar-refractivity contribution < 1.29 is 52.0 Å². The Bertz CT molecular complexity index is 955. The normalized spacial score (nSPS) is 14.1. The van der Waals surface area contributed by atoms with Crippen molar-refractivity contribution in [3.8, 4) is 0 Å². The Morgan fingerprint density at radius 1 is 0.725 bits per heavy atom. The van der Waals surface area contributed by atoms with Crippen molar-refractivity contribution in [1.82, 2.24) is 0 Å². The lowest BCUT2D eigenvalue weighted by Gasteiger charge is -2.32. The highest BCUT2D eigenvalue weighted by Crippen LogP contribution is 2.41. The first kappa shape index (κ1) is 49.4. The number of nitrogens with zero attached hydrogens (tertiary/aromatic N) is 1. The van der Waals surface area contributed by atoms with Crippen LogP contribution in [0.5, 0.6) is 0 Å². The number of rotatable bonds is 37. The van der Waals surface area contributed by atoms with E-state index in [0.29, 0.717) is 30.5 Å². The van der Waals surface area contributed by atoms with Gasteiger partial charge in [-0.2, -0.15) is 0 Å². The molecule has 11 nitrogen and oxygen atoms in total. The van der Waals surface area contributed by atoms with Gasteiger partial charge in [-0.1, -0.05) is 135 Å². The number of likely N-dealkylation sites (N-methyl/N-ethyl adjacent to an activating group) is 1. The van der Waals surface area contributed by atoms with Gasteiger partial charge in [-0.05, 0) is 19.3 Å². The number of aliphatic hydroxyl groups is 1. The molecule has 51 heavy (non-hydrogen) atoms. The zero-order valence-electron chi connectivity index (χ0n) is 32.8. The Labute approximate surface area is 310 Å². The molecule has 0 amide bonds. The van der Waals surface area contributed by atoms with Crippen molar-refractivity contribution in [2.75, 3.05) is 47.5 Å². The molecule has 0 aliphatic heterocycles. The van der Waals surface area contributed by atoms with E-state index in [4.69, 9.17) is 18.5 Å². The maximum atomic E-state index is 13.3. The zero-order chi connectivity index (χ0) is 38.2. The number of ketones is 1. The van der Waals surface area contributed by atoms with Gasteiger partial charge >= 0.3 is 11.9 Å². The third kappa shape index (κ3) is 31.6. The molecule has 12 heteroatoms. The third-order valence-corrected chi connectivity index (χ3v) is 9.82. The molecule has 0 aliphatic carbocycles. The predicted molar refractivity (Wildman–Crippen MR) is 201 cm³/mol. The summed E-state index contributed by atoms with van der Waals surface area (Å²) in [5.74, 6) is -1.54. The molecule has 0 fully saturated rings. The third-order valence-electron chi connectivity index (χ3n) is 8.83. The summed E-state index contributed by atoms with van der Waals surface area (Å²) in [5, 5.41) is 10.1. The summed E-state index contributed by atoms with van der Waals surface area (Å²) in [7, 11) is 0.736. The lowest BCUT2D eigenvalue weighted by Crippen LogP contribution is -2.43. The van der Waals surface area contributed by atoms with Crippen LogP contribution in [-0.4, -0.2) is 87.0 Å². The van der Waals surface area contributed by atoms with Crippen LogP contribution in [0.4, 0.5) is 0 Å². The highest BCUT2D eigenvalue weighted by atomic mass is 31.2. The number of hydrogen-bond donors (Lipinski definition) is 1. The predicted octanol–water partition coefficient (Wildman–Crippen LogP) is 8.15. The van der Waals surface area contributed by atoms with Gasteiger partial charge in [0.25, 0.3) is 7.82 Å². The molecule has 0 aromatic heterocycles. The first-order chi connectivity index (χ1) is 24.3. The van der Waals surface area contributed by atoms with Crippen LogP contribution in [0.25, 0.3) is 0 Å². The minimum Gasteiger partial charge on any atom is -0.756 e. The Morgan fingerprint density at radius 2 is 1.18 bits per heavy atom. The van der Waals surface area contributed by atoms with Crippen LogP contribution in [-0.2, 0) is 37.5 Å². The molecular formula is C39H74NO10P. The summed E-state index contributed by atoms with van der Waals surface area (Å²) in [5.41, 5.74) is 0. The van der Waals surface area contributed by atoms with E-state index in [1.54, 1.807) is 0 Å². The van der Waals surface area contributed by atoms with Crippen molar-refractivity contribution in [1.29, 1.82) is 0 Å². The van der Waals surface area contributed by atoms with E-state index in [1.807, 2.05) is 21.1 Å². The van der Waals surface area contributed by atoms with Crippen molar-refractivity contribution in [2.45, 2.75) is 173 Å². The quantitative estimate of drug-likeness (QED) is 0.0217. The molecule has 0 spiro atoms. The average molecular weight is 748 g/mol. The maximum Gasteiger partial charge on any atom is 0.330 e. The fraction of sp³-hybridized carbons (Fsp3) is 0.872. The van der Waals surface area contributed by atoms with E-state index in [0.717, 1.165) is 76.7 Å². The smallest absolute Gasteiger partial charge is 0.330 e. The van der Waals surface area contributed by atoms with Gasteiger partial charge in [0.1, 0.15) is 13.2 Å². The molecule has 0 aromatic carbocycles. The van der Waals surface area contributed by atoms with Crippen LogP contribution < -0.4 is 4.89 Å². The largest absolute Gasteiger partial charge is 0.756 e. The lowest BCUT2D eigenvalue weighted by molar-refractivity contribution is -0.870. The second kappa shape index (κ2) is 31.9. The summed E-state index contributed by atoms with van der Waals surface area (Å²) >= 11 is 0. The molecule has 0 aliphatic rings. The van der Waals surface area contributed by atoms with Crippen molar-refractivity contribution in [3.05, 3.63) is 12.7 Å². The lowest BCUT2D eigenvalue weighted by atomic mass is 10.0. The van der Waals surface area contributed by atoms with Crippen LogP contribution in [0.15, 0.2) is 12.7 Å². The van der Waals surface area contributed by atoms with E-state index in [1.165, 1.54) is 57.8 Å². The van der Waals surface area contributed by atoms with E-state index < -0.39 is 44.4 Å². The van der Waals surface area contributed by atoms with Gasteiger partial charge in [0.2, 0.25) is 0 Å². The number of unbranched alkanes of at least 4 members (excludes halogenated alkanes) is 20. The molecule has 0 heterocycles. The number of aliphatic hydroxyl groups excluding tert-OH is 1. The fourth-order valence-electron chi connectivity index (χ4n) is 5.65. The molecule has 0 aromatic rings. The molecule has 2 unspecified atom stereocenters. The summed E-state index contributed by atoms with van der Waals surface area (Å²) in [6, 6.07) is 0.